The Labute approximate surface area is 128 Å². The first-order valence-corrected chi connectivity index (χ1v) is 7.02. The molecule has 2 rings (SSSR count). The summed E-state index contributed by atoms with van der Waals surface area (Å²) in [7, 11) is 0. The van der Waals surface area contributed by atoms with Gasteiger partial charge in [0.1, 0.15) is 5.75 Å². The zero-order chi connectivity index (χ0) is 16.3. The van der Waals surface area contributed by atoms with Crippen LogP contribution in [0.5, 0.6) is 17.2 Å². The van der Waals surface area contributed by atoms with Crippen molar-refractivity contribution in [3.8, 4) is 17.2 Å². The summed E-state index contributed by atoms with van der Waals surface area (Å²) in [6.45, 7) is 4.09. The van der Waals surface area contributed by atoms with E-state index in [2.05, 4.69) is 5.32 Å². The van der Waals surface area contributed by atoms with Crippen LogP contribution in [0.25, 0.3) is 0 Å². The Morgan fingerprint density at radius 2 is 1.68 bits per heavy atom. The van der Waals surface area contributed by atoms with Gasteiger partial charge < -0.3 is 20.6 Å². The first kappa shape index (κ1) is 15.7. The second-order valence-electron chi connectivity index (χ2n) is 5.60. The zero-order valence-electron chi connectivity index (χ0n) is 12.5. The predicted molar refractivity (Wildman–Crippen MR) is 84.4 cm³/mol. The lowest BCUT2D eigenvalue weighted by atomic mass is 10.0. The number of amides is 1. The van der Waals surface area contributed by atoms with E-state index in [-0.39, 0.29) is 22.8 Å². The molecule has 0 aromatic heterocycles. The summed E-state index contributed by atoms with van der Waals surface area (Å²) in [5, 5.41) is 31.2. The van der Waals surface area contributed by atoms with Gasteiger partial charge in [0.05, 0.1) is 0 Å². The third kappa shape index (κ3) is 3.69. The van der Waals surface area contributed by atoms with E-state index in [9.17, 15) is 20.1 Å². The fourth-order valence-corrected chi connectivity index (χ4v) is 2.13. The number of anilines is 1. The van der Waals surface area contributed by atoms with Gasteiger partial charge in [0.25, 0.3) is 5.91 Å². The number of hydrogen-bond acceptors (Lipinski definition) is 4. The lowest BCUT2D eigenvalue weighted by molar-refractivity contribution is 0.102. The predicted octanol–water partition coefficient (Wildman–Crippen LogP) is 3.25. The van der Waals surface area contributed by atoms with Crippen molar-refractivity contribution in [2.75, 3.05) is 5.32 Å². The average Bonchev–Trinajstić information content (AvgIpc) is 2.45. The van der Waals surface area contributed by atoms with Crippen molar-refractivity contribution >= 4 is 11.6 Å². The topological polar surface area (TPSA) is 89.8 Å². The van der Waals surface area contributed by atoms with E-state index in [1.165, 1.54) is 18.2 Å². The van der Waals surface area contributed by atoms with E-state index in [0.29, 0.717) is 18.0 Å². The lowest BCUT2D eigenvalue weighted by Gasteiger charge is -2.11. The quantitative estimate of drug-likeness (QED) is 0.515. The molecule has 0 spiro atoms. The van der Waals surface area contributed by atoms with Gasteiger partial charge in [-0.15, -0.1) is 0 Å². The normalized spacial score (nSPS) is 10.7. The molecule has 5 heteroatoms. The van der Waals surface area contributed by atoms with Crippen molar-refractivity contribution in [1.29, 1.82) is 0 Å². The molecule has 0 radical (unpaired) electrons. The summed E-state index contributed by atoms with van der Waals surface area (Å²) in [4.78, 5) is 12.1. The Morgan fingerprint density at radius 3 is 2.32 bits per heavy atom. The number of phenols is 3. The Hall–Kier alpha value is -2.69. The number of nitrogens with one attached hydrogen (secondary N) is 1. The summed E-state index contributed by atoms with van der Waals surface area (Å²) in [6, 6.07) is 8.75. The van der Waals surface area contributed by atoms with Gasteiger partial charge >= 0.3 is 0 Å². The number of phenolic OH excluding ortho intramolecular Hbond substituents is 3. The molecule has 2 aromatic carbocycles. The largest absolute Gasteiger partial charge is 0.508 e. The van der Waals surface area contributed by atoms with Crippen molar-refractivity contribution in [3.63, 3.8) is 0 Å². The van der Waals surface area contributed by atoms with Crippen molar-refractivity contribution in [2.24, 2.45) is 5.92 Å². The van der Waals surface area contributed by atoms with Crippen molar-refractivity contribution in [1.82, 2.24) is 0 Å². The fourth-order valence-electron chi connectivity index (χ4n) is 2.13. The minimum absolute atomic E-state index is 0.203. The first-order chi connectivity index (χ1) is 10.4. The highest BCUT2D eigenvalue weighted by atomic mass is 16.3. The molecule has 0 unspecified atom stereocenters. The summed E-state index contributed by atoms with van der Waals surface area (Å²) < 4.78 is 0. The van der Waals surface area contributed by atoms with Gasteiger partial charge in [-0.3, -0.25) is 4.79 Å². The molecule has 22 heavy (non-hydrogen) atoms. The smallest absolute Gasteiger partial charge is 0.255 e. The Kier molecular flexibility index (Phi) is 4.56. The van der Waals surface area contributed by atoms with Gasteiger partial charge in [0.15, 0.2) is 11.5 Å². The molecule has 0 aliphatic rings. The summed E-state index contributed by atoms with van der Waals surface area (Å²) in [6.07, 6.45) is 0.704. The van der Waals surface area contributed by atoms with Crippen LogP contribution in [0.15, 0.2) is 36.4 Å². The summed E-state index contributed by atoms with van der Waals surface area (Å²) in [5.41, 5.74) is 1.56. The number of benzene rings is 2. The minimum atomic E-state index is -0.406. The lowest BCUT2D eigenvalue weighted by Crippen LogP contribution is -2.12. The first-order valence-electron chi connectivity index (χ1n) is 7.02. The van der Waals surface area contributed by atoms with Crippen molar-refractivity contribution in [2.45, 2.75) is 20.3 Å². The molecule has 4 N–H and O–H groups in total. The molecule has 0 atom stereocenters. The van der Waals surface area contributed by atoms with Crippen LogP contribution >= 0.6 is 0 Å². The SMILES string of the molecule is CC(C)Cc1cc(NC(=O)c2ccc(O)c(O)c2)ccc1O. The highest BCUT2D eigenvalue weighted by Crippen LogP contribution is 2.27. The Morgan fingerprint density at radius 1 is 1.00 bits per heavy atom. The molecule has 0 heterocycles. The van der Waals surface area contributed by atoms with E-state index in [4.69, 9.17) is 0 Å². The molecule has 0 aliphatic carbocycles. The van der Waals surface area contributed by atoms with Crippen LogP contribution in [-0.2, 0) is 6.42 Å². The third-order valence-corrected chi connectivity index (χ3v) is 3.20. The number of carbonyl (C=O) groups excluding carboxylic acids is 1. The van der Waals surface area contributed by atoms with Crippen LogP contribution in [-0.4, -0.2) is 21.2 Å². The Balaban J connectivity index is 2.19. The van der Waals surface area contributed by atoms with Gasteiger partial charge in [-0.05, 0) is 54.3 Å². The molecule has 0 saturated heterocycles. The maximum Gasteiger partial charge on any atom is 0.255 e. The molecule has 0 bridgehead atoms. The van der Waals surface area contributed by atoms with Crippen LogP contribution < -0.4 is 5.32 Å². The number of carbonyl (C=O) groups is 1. The van der Waals surface area contributed by atoms with Gasteiger partial charge in [0, 0.05) is 11.3 Å². The average molecular weight is 301 g/mol. The molecular formula is C17H19NO4. The van der Waals surface area contributed by atoms with E-state index in [1.807, 2.05) is 13.8 Å². The maximum atomic E-state index is 12.1. The van der Waals surface area contributed by atoms with E-state index in [0.717, 1.165) is 5.56 Å². The fraction of sp³-hybridized carbons (Fsp3) is 0.235. The zero-order valence-corrected chi connectivity index (χ0v) is 12.5. The van der Waals surface area contributed by atoms with Crippen molar-refractivity contribution < 1.29 is 20.1 Å². The highest BCUT2D eigenvalue weighted by molar-refractivity contribution is 6.04. The number of hydrogen-bond donors (Lipinski definition) is 4. The van der Waals surface area contributed by atoms with Crippen LogP contribution in [0.1, 0.15) is 29.8 Å². The molecule has 1 amide bonds. The molecule has 2 aromatic rings. The van der Waals surface area contributed by atoms with E-state index < -0.39 is 5.91 Å². The molecule has 0 fully saturated rings. The molecule has 5 nitrogen and oxygen atoms in total. The van der Waals surface area contributed by atoms with E-state index in [1.54, 1.807) is 18.2 Å². The number of aromatic hydroxyl groups is 3. The molecule has 116 valence electrons. The standard InChI is InChI=1S/C17H19NO4/c1-10(2)7-12-8-13(4-6-14(12)19)18-17(22)11-3-5-15(20)16(21)9-11/h3-6,8-10,19-21H,7H2,1-2H3,(H,18,22). The van der Waals surface area contributed by atoms with Crippen LogP contribution in [0.2, 0.25) is 0 Å². The van der Waals surface area contributed by atoms with Crippen LogP contribution in [0, 0.1) is 5.92 Å². The van der Waals surface area contributed by atoms with Gasteiger partial charge in [-0.1, -0.05) is 13.8 Å². The van der Waals surface area contributed by atoms with Crippen molar-refractivity contribution in [3.05, 3.63) is 47.5 Å². The molecular weight excluding hydrogens is 282 g/mol. The Bertz CT molecular complexity index is 695. The van der Waals surface area contributed by atoms with Gasteiger partial charge in [-0.25, -0.2) is 0 Å². The summed E-state index contributed by atoms with van der Waals surface area (Å²) in [5.74, 6) is -0.449. The minimum Gasteiger partial charge on any atom is -0.508 e. The second kappa shape index (κ2) is 6.39. The van der Waals surface area contributed by atoms with Crippen LogP contribution in [0.3, 0.4) is 0 Å². The summed E-state index contributed by atoms with van der Waals surface area (Å²) >= 11 is 0. The maximum absolute atomic E-state index is 12.1. The van der Waals surface area contributed by atoms with Gasteiger partial charge in [0.2, 0.25) is 0 Å². The highest BCUT2D eigenvalue weighted by Gasteiger charge is 2.11. The monoisotopic (exact) mass is 301 g/mol. The molecule has 0 saturated carbocycles. The second-order valence-corrected chi connectivity index (χ2v) is 5.60. The third-order valence-electron chi connectivity index (χ3n) is 3.20. The van der Waals surface area contributed by atoms with Gasteiger partial charge in [-0.2, -0.15) is 0 Å². The molecule has 0 aliphatic heterocycles. The van der Waals surface area contributed by atoms with Crippen LogP contribution in [0.4, 0.5) is 5.69 Å². The van der Waals surface area contributed by atoms with E-state index >= 15 is 0 Å². The number of rotatable bonds is 4.